The van der Waals surface area contributed by atoms with Gasteiger partial charge >= 0.3 is 0 Å². The number of nitrogens with one attached hydrogen (secondary N) is 2. The van der Waals surface area contributed by atoms with E-state index in [0.29, 0.717) is 12.1 Å². The van der Waals surface area contributed by atoms with Gasteiger partial charge in [-0.1, -0.05) is 24.3 Å². The second kappa shape index (κ2) is 5.93. The van der Waals surface area contributed by atoms with Crippen LogP contribution in [-0.2, 0) is 12.1 Å². The molecule has 0 radical (unpaired) electrons. The Morgan fingerprint density at radius 2 is 1.88 bits per heavy atom. The van der Waals surface area contributed by atoms with Gasteiger partial charge in [0.15, 0.2) is 11.5 Å². The van der Waals surface area contributed by atoms with E-state index >= 15 is 0 Å². The second-order valence-corrected chi connectivity index (χ2v) is 6.76. The summed E-state index contributed by atoms with van der Waals surface area (Å²) in [5, 5.41) is 4.50. The predicted molar refractivity (Wildman–Crippen MR) is 97.0 cm³/mol. The number of pyridine rings is 1. The largest absolute Gasteiger partial charge is 0.454 e. The fraction of sp³-hybridized carbons (Fsp3) is 0.250. The highest BCUT2D eigenvalue weighted by molar-refractivity contribution is 5.78. The molecule has 0 saturated heterocycles. The third kappa shape index (κ3) is 2.98. The normalized spacial score (nSPS) is 13.4. The van der Waals surface area contributed by atoms with Gasteiger partial charge in [-0.3, -0.25) is 4.79 Å². The first-order valence-corrected chi connectivity index (χ1v) is 8.29. The molecule has 0 amide bonds. The van der Waals surface area contributed by atoms with Crippen LogP contribution in [0.5, 0.6) is 11.5 Å². The van der Waals surface area contributed by atoms with E-state index in [9.17, 15) is 4.79 Å². The Morgan fingerprint density at radius 1 is 1.08 bits per heavy atom. The number of fused-ring (bicyclic) bond motifs is 2. The van der Waals surface area contributed by atoms with Crippen LogP contribution in [0.3, 0.4) is 0 Å². The first kappa shape index (κ1) is 15.7. The standard InChI is InChI=1S/C20H20N2O3/c1-20(2,15-7-8-17-18(10-15)25-12-24-17)21-11-14-9-13-5-3-4-6-16(13)22-19(14)23/h3-10,21H,11-12H2,1-2H3,(H,22,23). The van der Waals surface area contributed by atoms with Gasteiger partial charge in [-0.15, -0.1) is 0 Å². The van der Waals surface area contributed by atoms with Crippen molar-refractivity contribution in [3.8, 4) is 11.5 Å². The third-order valence-corrected chi connectivity index (χ3v) is 4.65. The molecule has 0 spiro atoms. The average molecular weight is 336 g/mol. The van der Waals surface area contributed by atoms with Crippen LogP contribution in [-0.4, -0.2) is 11.8 Å². The summed E-state index contributed by atoms with van der Waals surface area (Å²) in [6, 6.07) is 15.7. The van der Waals surface area contributed by atoms with Crippen LogP contribution in [0.15, 0.2) is 53.3 Å². The number of aromatic nitrogens is 1. The van der Waals surface area contributed by atoms with E-state index in [0.717, 1.165) is 28.0 Å². The second-order valence-electron chi connectivity index (χ2n) is 6.76. The maximum atomic E-state index is 12.3. The van der Waals surface area contributed by atoms with E-state index in [4.69, 9.17) is 9.47 Å². The van der Waals surface area contributed by atoms with E-state index in [2.05, 4.69) is 24.1 Å². The van der Waals surface area contributed by atoms with Crippen molar-refractivity contribution in [3.05, 3.63) is 70.0 Å². The van der Waals surface area contributed by atoms with Crippen molar-refractivity contribution < 1.29 is 9.47 Å². The van der Waals surface area contributed by atoms with E-state index in [-0.39, 0.29) is 17.9 Å². The fourth-order valence-electron chi connectivity index (χ4n) is 3.03. The molecule has 2 N–H and O–H groups in total. The molecule has 0 unspecified atom stereocenters. The lowest BCUT2D eigenvalue weighted by atomic mass is 9.93. The number of H-pyrrole nitrogens is 1. The number of ether oxygens (including phenoxy) is 2. The first-order valence-electron chi connectivity index (χ1n) is 8.29. The summed E-state index contributed by atoms with van der Waals surface area (Å²) in [5.41, 5.74) is 2.26. The molecule has 5 nitrogen and oxygen atoms in total. The topological polar surface area (TPSA) is 63.4 Å². The molecular formula is C20H20N2O3. The Hall–Kier alpha value is -2.79. The SMILES string of the molecule is CC(C)(NCc1cc2ccccc2[nH]c1=O)c1ccc2c(c1)OCO2. The Bertz CT molecular complexity index is 992. The summed E-state index contributed by atoms with van der Waals surface area (Å²) in [4.78, 5) is 15.2. The first-order chi connectivity index (χ1) is 12.0. The van der Waals surface area contributed by atoms with Gasteiger partial charge in [0, 0.05) is 23.2 Å². The molecule has 0 bridgehead atoms. The molecule has 1 aliphatic heterocycles. The number of hydrogen-bond donors (Lipinski definition) is 2. The maximum absolute atomic E-state index is 12.3. The van der Waals surface area contributed by atoms with Gasteiger partial charge in [-0.05, 0) is 49.1 Å². The molecule has 1 aromatic heterocycles. The molecule has 128 valence electrons. The zero-order chi connectivity index (χ0) is 17.4. The minimum absolute atomic E-state index is 0.0623. The van der Waals surface area contributed by atoms with Crippen LogP contribution in [0.1, 0.15) is 25.0 Å². The van der Waals surface area contributed by atoms with E-state index in [1.165, 1.54) is 0 Å². The minimum Gasteiger partial charge on any atom is -0.454 e. The molecule has 2 aromatic carbocycles. The van der Waals surface area contributed by atoms with Crippen LogP contribution < -0.4 is 20.3 Å². The van der Waals surface area contributed by atoms with Gasteiger partial charge in [-0.2, -0.15) is 0 Å². The van der Waals surface area contributed by atoms with Crippen molar-refractivity contribution in [2.45, 2.75) is 25.9 Å². The van der Waals surface area contributed by atoms with Crippen LogP contribution in [0.4, 0.5) is 0 Å². The zero-order valence-electron chi connectivity index (χ0n) is 14.3. The monoisotopic (exact) mass is 336 g/mol. The molecule has 3 aromatic rings. The number of rotatable bonds is 4. The molecule has 0 saturated carbocycles. The van der Waals surface area contributed by atoms with E-state index in [1.807, 2.05) is 48.5 Å². The Kier molecular flexibility index (Phi) is 3.73. The van der Waals surface area contributed by atoms with Gasteiger partial charge in [0.25, 0.3) is 5.56 Å². The molecular weight excluding hydrogens is 316 g/mol. The van der Waals surface area contributed by atoms with Crippen molar-refractivity contribution in [2.75, 3.05) is 6.79 Å². The summed E-state index contributed by atoms with van der Waals surface area (Å²) in [5.74, 6) is 1.53. The fourth-order valence-corrected chi connectivity index (χ4v) is 3.03. The number of aromatic amines is 1. The molecule has 5 heteroatoms. The third-order valence-electron chi connectivity index (χ3n) is 4.65. The Labute approximate surface area is 145 Å². The van der Waals surface area contributed by atoms with Gasteiger partial charge in [0.1, 0.15) is 0 Å². The average Bonchev–Trinajstić information content (AvgIpc) is 3.07. The van der Waals surface area contributed by atoms with Crippen molar-refractivity contribution in [1.29, 1.82) is 0 Å². The summed E-state index contributed by atoms with van der Waals surface area (Å²) in [6.07, 6.45) is 0. The van der Waals surface area contributed by atoms with Gasteiger partial charge in [0.2, 0.25) is 6.79 Å². The highest BCUT2D eigenvalue weighted by Crippen LogP contribution is 2.35. The lowest BCUT2D eigenvalue weighted by molar-refractivity contribution is 0.174. The molecule has 0 atom stereocenters. The molecule has 25 heavy (non-hydrogen) atoms. The van der Waals surface area contributed by atoms with E-state index in [1.54, 1.807) is 0 Å². The highest BCUT2D eigenvalue weighted by Gasteiger charge is 2.23. The van der Waals surface area contributed by atoms with Gasteiger partial charge < -0.3 is 19.8 Å². The quantitative estimate of drug-likeness (QED) is 0.767. The van der Waals surface area contributed by atoms with E-state index < -0.39 is 0 Å². The lowest BCUT2D eigenvalue weighted by Crippen LogP contribution is -2.37. The lowest BCUT2D eigenvalue weighted by Gasteiger charge is -2.27. The van der Waals surface area contributed by atoms with Crippen molar-refractivity contribution in [2.24, 2.45) is 0 Å². The molecule has 4 rings (SSSR count). The highest BCUT2D eigenvalue weighted by atomic mass is 16.7. The summed E-state index contributed by atoms with van der Waals surface area (Å²) >= 11 is 0. The van der Waals surface area contributed by atoms with Crippen LogP contribution >= 0.6 is 0 Å². The predicted octanol–water partition coefficient (Wildman–Crippen LogP) is 3.28. The Morgan fingerprint density at radius 3 is 2.76 bits per heavy atom. The molecule has 1 aliphatic rings. The van der Waals surface area contributed by atoms with Crippen molar-refractivity contribution >= 4 is 10.9 Å². The minimum atomic E-state index is -0.320. The summed E-state index contributed by atoms with van der Waals surface area (Å²) in [6.45, 7) is 4.90. The van der Waals surface area contributed by atoms with Crippen LogP contribution in [0.2, 0.25) is 0 Å². The summed E-state index contributed by atoms with van der Waals surface area (Å²) in [7, 11) is 0. The van der Waals surface area contributed by atoms with Gasteiger partial charge in [-0.25, -0.2) is 0 Å². The number of para-hydroxylation sites is 1. The van der Waals surface area contributed by atoms with Crippen molar-refractivity contribution in [1.82, 2.24) is 10.3 Å². The maximum Gasteiger partial charge on any atom is 0.252 e. The Balaban J connectivity index is 1.57. The molecule has 0 aliphatic carbocycles. The van der Waals surface area contributed by atoms with Crippen molar-refractivity contribution in [3.63, 3.8) is 0 Å². The van der Waals surface area contributed by atoms with Crippen LogP contribution in [0.25, 0.3) is 10.9 Å². The summed E-state index contributed by atoms with van der Waals surface area (Å²) < 4.78 is 10.8. The number of hydrogen-bond acceptors (Lipinski definition) is 4. The van der Waals surface area contributed by atoms with Crippen LogP contribution in [0, 0.1) is 0 Å². The smallest absolute Gasteiger partial charge is 0.252 e. The molecule has 2 heterocycles. The van der Waals surface area contributed by atoms with Gasteiger partial charge in [0.05, 0.1) is 0 Å². The molecule has 0 fully saturated rings. The number of benzene rings is 2. The zero-order valence-corrected chi connectivity index (χ0v) is 14.3.